The van der Waals surface area contributed by atoms with Crippen molar-refractivity contribution in [2.75, 3.05) is 18.4 Å². The Bertz CT molecular complexity index is 1550. The summed E-state index contributed by atoms with van der Waals surface area (Å²) in [5, 5.41) is 7.04. The molecule has 0 aliphatic heterocycles. The van der Waals surface area contributed by atoms with E-state index in [2.05, 4.69) is 20.6 Å². The topological polar surface area (TPSA) is 76.1 Å². The third-order valence-electron chi connectivity index (χ3n) is 6.00. The van der Waals surface area contributed by atoms with Crippen LogP contribution < -0.4 is 10.6 Å². The van der Waals surface area contributed by atoms with Gasteiger partial charge in [0, 0.05) is 23.9 Å². The first-order valence-electron chi connectivity index (χ1n) is 13.3. The molecule has 0 radical (unpaired) electrons. The molecule has 0 fully saturated rings. The summed E-state index contributed by atoms with van der Waals surface area (Å²) in [5.74, 6) is -0.900. The summed E-state index contributed by atoms with van der Waals surface area (Å²) < 4.78 is 81.6. The normalized spacial score (nSPS) is 12.8. The highest BCUT2D eigenvalue weighted by molar-refractivity contribution is 6.29. The van der Waals surface area contributed by atoms with Gasteiger partial charge in [0.1, 0.15) is 16.6 Å². The first-order chi connectivity index (χ1) is 20.0. The summed E-state index contributed by atoms with van der Waals surface area (Å²) >= 11 is 5.62. The van der Waals surface area contributed by atoms with Crippen LogP contribution in [0.2, 0.25) is 5.15 Å². The lowest BCUT2D eigenvalue weighted by molar-refractivity contribution is -0.151. The van der Waals surface area contributed by atoms with Crippen LogP contribution in [0.15, 0.2) is 60.7 Å². The number of benzene rings is 2. The first kappa shape index (κ1) is 33.7. The molecular formula is C30H31ClF6N4O2. The summed E-state index contributed by atoms with van der Waals surface area (Å²) in [4.78, 5) is 19.9. The molecule has 1 unspecified atom stereocenters. The van der Waals surface area contributed by atoms with Gasteiger partial charge in [-0.15, -0.1) is 0 Å². The maximum Gasteiger partial charge on any atom is 0.416 e. The predicted octanol–water partition coefficient (Wildman–Crippen LogP) is 9.13. The van der Waals surface area contributed by atoms with Gasteiger partial charge in [-0.1, -0.05) is 24.6 Å². The van der Waals surface area contributed by atoms with Crippen molar-refractivity contribution < 1.29 is 35.9 Å². The Hall–Kier alpha value is -3.80. The number of carbonyl (C=O) groups excluding carboxylic acids is 1. The highest BCUT2D eigenvalue weighted by Gasteiger charge is 2.39. The second kappa shape index (κ2) is 13.7. The number of alkyl carbamates (subject to hydrolysis) is 1. The van der Waals surface area contributed by atoms with Crippen LogP contribution >= 0.6 is 11.6 Å². The molecular weight excluding hydrogens is 598 g/mol. The van der Waals surface area contributed by atoms with Crippen LogP contribution in [-0.4, -0.2) is 40.9 Å². The number of rotatable bonds is 6. The van der Waals surface area contributed by atoms with Gasteiger partial charge >= 0.3 is 18.4 Å². The average molecular weight is 629 g/mol. The number of anilines is 1. The molecule has 6 nitrogen and oxygen atoms in total. The molecule has 1 amide bonds. The third kappa shape index (κ3) is 10.2. The molecule has 0 aliphatic carbocycles. The van der Waals surface area contributed by atoms with E-state index in [0.29, 0.717) is 40.7 Å². The van der Waals surface area contributed by atoms with Crippen molar-refractivity contribution in [1.82, 2.24) is 15.3 Å². The highest BCUT2D eigenvalue weighted by atomic mass is 35.5. The quantitative estimate of drug-likeness (QED) is 0.127. The standard InChI is InChI=1S/C20H26F3N3O2.C10H5ClF3N/c1-5-15(20(21,22)23)13-6-8-16-14(12-13)7-9-17(26-16)24-10-11-25-18(27)28-19(2,3)4;11-9-4-1-6-5-7(10(12,13)14)2-3-8(6)15-9/h6-9,12,15H,5,10-11H2,1-4H3,(H,24,26)(H,25,27);1-5H. The van der Waals surface area contributed by atoms with Crippen LogP contribution in [0.5, 0.6) is 0 Å². The minimum absolute atomic E-state index is 0.00722. The lowest BCUT2D eigenvalue weighted by Crippen LogP contribution is -2.35. The summed E-state index contributed by atoms with van der Waals surface area (Å²) in [7, 11) is 0. The predicted molar refractivity (Wildman–Crippen MR) is 155 cm³/mol. The minimum Gasteiger partial charge on any atom is -0.444 e. The van der Waals surface area contributed by atoms with Gasteiger partial charge < -0.3 is 15.4 Å². The maximum atomic E-state index is 13.1. The lowest BCUT2D eigenvalue weighted by Gasteiger charge is -2.20. The number of amides is 1. The highest BCUT2D eigenvalue weighted by Crippen LogP contribution is 2.38. The average Bonchev–Trinajstić information content (AvgIpc) is 2.89. The summed E-state index contributed by atoms with van der Waals surface area (Å²) in [6.07, 6.45) is -9.09. The van der Waals surface area contributed by atoms with Gasteiger partial charge in [-0.3, -0.25) is 0 Å². The zero-order chi connectivity index (χ0) is 32.0. The van der Waals surface area contributed by atoms with E-state index in [1.165, 1.54) is 37.3 Å². The fraction of sp³-hybridized carbons (Fsp3) is 0.367. The van der Waals surface area contributed by atoms with Crippen LogP contribution in [0.4, 0.5) is 37.0 Å². The number of halogens is 7. The van der Waals surface area contributed by atoms with Gasteiger partial charge in [0.25, 0.3) is 0 Å². The SMILES string of the molecule is CCC(c1ccc2nc(NCCNC(=O)OC(C)(C)C)ccc2c1)C(F)(F)F.FC(F)(F)c1ccc2nc(Cl)ccc2c1. The maximum absolute atomic E-state index is 13.1. The van der Waals surface area contributed by atoms with Crippen LogP contribution in [0, 0.1) is 0 Å². The lowest BCUT2D eigenvalue weighted by atomic mass is 9.94. The Kier molecular flexibility index (Phi) is 10.7. The van der Waals surface area contributed by atoms with E-state index in [-0.39, 0.29) is 17.1 Å². The van der Waals surface area contributed by atoms with Crippen molar-refractivity contribution in [2.45, 2.75) is 58.0 Å². The molecule has 2 N–H and O–H groups in total. The zero-order valence-electron chi connectivity index (χ0n) is 23.8. The molecule has 4 aromatic rings. The summed E-state index contributed by atoms with van der Waals surface area (Å²) in [6, 6.07) is 14.4. The van der Waals surface area contributed by atoms with Crippen LogP contribution in [0.25, 0.3) is 21.8 Å². The molecule has 0 aliphatic rings. The smallest absolute Gasteiger partial charge is 0.416 e. The van der Waals surface area contributed by atoms with Gasteiger partial charge in [0.2, 0.25) is 0 Å². The van der Waals surface area contributed by atoms with Gasteiger partial charge in [-0.25, -0.2) is 14.8 Å². The van der Waals surface area contributed by atoms with Crippen molar-refractivity contribution in [3.63, 3.8) is 0 Å². The Morgan fingerprint density at radius 1 is 0.860 bits per heavy atom. The largest absolute Gasteiger partial charge is 0.444 e. The number of ether oxygens (including phenoxy) is 1. The molecule has 0 bridgehead atoms. The van der Waals surface area contributed by atoms with Crippen molar-refractivity contribution >= 4 is 45.3 Å². The summed E-state index contributed by atoms with van der Waals surface area (Å²) in [6.45, 7) is 7.66. The molecule has 43 heavy (non-hydrogen) atoms. The molecule has 0 saturated carbocycles. The van der Waals surface area contributed by atoms with Crippen LogP contribution in [0.1, 0.15) is 51.2 Å². The molecule has 0 saturated heterocycles. The summed E-state index contributed by atoms with van der Waals surface area (Å²) in [5.41, 5.74) is 0.0613. The molecule has 2 heterocycles. The number of hydrogen-bond acceptors (Lipinski definition) is 5. The fourth-order valence-electron chi connectivity index (χ4n) is 4.06. The molecule has 2 aromatic carbocycles. The molecule has 1 atom stereocenters. The number of nitrogens with zero attached hydrogens (tertiary/aromatic N) is 2. The van der Waals surface area contributed by atoms with Crippen LogP contribution in [0.3, 0.4) is 0 Å². The number of hydrogen-bond donors (Lipinski definition) is 2. The second-order valence-corrected chi connectivity index (χ2v) is 10.9. The van der Waals surface area contributed by atoms with E-state index < -0.39 is 35.5 Å². The first-order valence-corrected chi connectivity index (χ1v) is 13.7. The van der Waals surface area contributed by atoms with Crippen LogP contribution in [-0.2, 0) is 10.9 Å². The number of fused-ring (bicyclic) bond motifs is 2. The number of carbonyl (C=O) groups is 1. The molecule has 2 aromatic heterocycles. The Balaban J connectivity index is 0.000000282. The van der Waals surface area contributed by atoms with Crippen molar-refractivity contribution in [3.05, 3.63) is 76.9 Å². The third-order valence-corrected chi connectivity index (χ3v) is 6.21. The zero-order valence-corrected chi connectivity index (χ0v) is 24.6. The number of alkyl halides is 6. The monoisotopic (exact) mass is 628 g/mol. The number of pyridine rings is 2. The van der Waals surface area contributed by atoms with E-state index in [0.717, 1.165) is 12.1 Å². The van der Waals surface area contributed by atoms with E-state index in [1.807, 2.05) is 0 Å². The van der Waals surface area contributed by atoms with Crippen molar-refractivity contribution in [2.24, 2.45) is 0 Å². The van der Waals surface area contributed by atoms with Crippen molar-refractivity contribution in [3.8, 4) is 0 Å². The van der Waals surface area contributed by atoms with E-state index in [4.69, 9.17) is 16.3 Å². The van der Waals surface area contributed by atoms with Gasteiger partial charge in [0.05, 0.1) is 22.5 Å². The Labute approximate surface area is 249 Å². The number of nitrogens with one attached hydrogen (secondary N) is 2. The molecule has 232 valence electrons. The van der Waals surface area contributed by atoms with Gasteiger partial charge in [-0.2, -0.15) is 26.3 Å². The Morgan fingerprint density at radius 2 is 1.49 bits per heavy atom. The van der Waals surface area contributed by atoms with E-state index in [9.17, 15) is 31.1 Å². The molecule has 4 rings (SSSR count). The molecule has 0 spiro atoms. The second-order valence-electron chi connectivity index (χ2n) is 10.5. The van der Waals surface area contributed by atoms with E-state index in [1.54, 1.807) is 39.0 Å². The fourth-order valence-corrected chi connectivity index (χ4v) is 4.22. The van der Waals surface area contributed by atoms with Crippen molar-refractivity contribution in [1.29, 1.82) is 0 Å². The van der Waals surface area contributed by atoms with Gasteiger partial charge in [-0.05, 0) is 87.4 Å². The number of aromatic nitrogens is 2. The Morgan fingerprint density at radius 3 is 2.12 bits per heavy atom. The van der Waals surface area contributed by atoms with Gasteiger partial charge in [0.15, 0.2) is 0 Å². The minimum atomic E-state index is -4.33. The van der Waals surface area contributed by atoms with E-state index >= 15 is 0 Å². The molecule has 13 heteroatoms.